The molecule has 5 rings (SSSR count). The predicted octanol–water partition coefficient (Wildman–Crippen LogP) is 4.76. The number of nitrogens with one attached hydrogen (secondary N) is 2. The zero-order chi connectivity index (χ0) is 25.1. The van der Waals surface area contributed by atoms with Gasteiger partial charge in [-0.2, -0.15) is 0 Å². The number of aromatic amines is 1. The van der Waals surface area contributed by atoms with Crippen LogP contribution in [0.3, 0.4) is 0 Å². The Morgan fingerprint density at radius 1 is 1.11 bits per heavy atom. The minimum atomic E-state index is -0.213. The molecule has 4 aromatic rings. The number of fused-ring (bicyclic) bond motifs is 1. The lowest BCUT2D eigenvalue weighted by Crippen LogP contribution is -2.37. The summed E-state index contributed by atoms with van der Waals surface area (Å²) in [4.78, 5) is 39.8. The van der Waals surface area contributed by atoms with E-state index >= 15 is 0 Å². The molecule has 186 valence electrons. The van der Waals surface area contributed by atoms with Gasteiger partial charge in [0.1, 0.15) is 17.3 Å². The third-order valence-electron chi connectivity index (χ3n) is 6.21. The van der Waals surface area contributed by atoms with Crippen molar-refractivity contribution in [3.05, 3.63) is 76.0 Å². The Balaban J connectivity index is 1.13. The van der Waals surface area contributed by atoms with Crippen LogP contribution in [0.4, 0.5) is 0 Å². The number of nitrogens with zero attached hydrogens (tertiary/aromatic N) is 3. The maximum Gasteiger partial charge on any atom is 0.271 e. The van der Waals surface area contributed by atoms with Crippen molar-refractivity contribution in [2.75, 3.05) is 13.1 Å². The number of carbonyl (C=O) groups excluding carboxylic acids is 2. The summed E-state index contributed by atoms with van der Waals surface area (Å²) in [5.41, 5.74) is 2.91. The van der Waals surface area contributed by atoms with Gasteiger partial charge >= 0.3 is 0 Å². The summed E-state index contributed by atoms with van der Waals surface area (Å²) >= 11 is 1.51. The first-order valence-electron chi connectivity index (χ1n) is 12.2. The van der Waals surface area contributed by atoms with Crippen LogP contribution >= 0.6 is 11.3 Å². The van der Waals surface area contributed by atoms with E-state index in [0.29, 0.717) is 36.7 Å². The van der Waals surface area contributed by atoms with Crippen LogP contribution in [-0.2, 0) is 6.54 Å². The fraction of sp³-hybridized carbons (Fsp3) is 0.333. The van der Waals surface area contributed by atoms with Crippen LogP contribution in [0.1, 0.15) is 64.3 Å². The van der Waals surface area contributed by atoms with Gasteiger partial charge in [0.2, 0.25) is 0 Å². The second-order valence-electron chi connectivity index (χ2n) is 9.21. The topological polar surface area (TPSA) is 100 Å². The van der Waals surface area contributed by atoms with E-state index in [1.807, 2.05) is 72.7 Å². The van der Waals surface area contributed by atoms with Gasteiger partial charge in [-0.3, -0.25) is 9.59 Å². The molecule has 2 N–H and O–H groups in total. The molecule has 36 heavy (non-hydrogen) atoms. The number of hydrogen-bond acceptors (Lipinski definition) is 6. The Bertz CT molecular complexity index is 1320. The molecule has 0 radical (unpaired) electrons. The highest BCUT2D eigenvalue weighted by Crippen LogP contribution is 2.31. The first kappa shape index (κ1) is 24.0. The van der Waals surface area contributed by atoms with Crippen LogP contribution in [0, 0.1) is 0 Å². The Labute approximate surface area is 213 Å². The van der Waals surface area contributed by atoms with Gasteiger partial charge in [-0.25, -0.2) is 9.97 Å². The molecular weight excluding hydrogens is 474 g/mol. The molecule has 0 saturated carbocycles. The monoisotopic (exact) mass is 503 g/mol. The number of para-hydroxylation sites is 2. The molecule has 0 aliphatic carbocycles. The maximum absolute atomic E-state index is 12.9. The smallest absolute Gasteiger partial charge is 0.271 e. The van der Waals surface area contributed by atoms with Crippen LogP contribution < -0.4 is 10.1 Å². The molecule has 8 nitrogen and oxygen atoms in total. The minimum absolute atomic E-state index is 0.0364. The number of rotatable bonds is 7. The van der Waals surface area contributed by atoms with Crippen molar-refractivity contribution in [2.45, 2.75) is 45.3 Å². The Hall–Kier alpha value is -3.72. The van der Waals surface area contributed by atoms with Crippen molar-refractivity contribution in [2.24, 2.45) is 0 Å². The SMILES string of the molecule is CC(C)Oc1ccc(C(=O)N2CCC(c3nc(C(=O)NCc4nc5ccccc5[nH]4)cs3)CC2)cc1. The summed E-state index contributed by atoms with van der Waals surface area (Å²) in [6.45, 7) is 5.60. The molecule has 0 bridgehead atoms. The molecule has 2 amide bonds. The van der Waals surface area contributed by atoms with Gasteiger partial charge in [-0.05, 0) is 63.1 Å². The minimum Gasteiger partial charge on any atom is -0.491 e. The normalized spacial score (nSPS) is 14.4. The largest absolute Gasteiger partial charge is 0.491 e. The highest BCUT2D eigenvalue weighted by atomic mass is 32.1. The van der Waals surface area contributed by atoms with Gasteiger partial charge in [0.05, 0.1) is 28.7 Å². The van der Waals surface area contributed by atoms with Crippen LogP contribution in [-0.4, -0.2) is 50.9 Å². The third kappa shape index (κ3) is 5.41. The summed E-state index contributed by atoms with van der Waals surface area (Å²) in [5.74, 6) is 1.54. The van der Waals surface area contributed by atoms with Crippen LogP contribution in [0.25, 0.3) is 11.0 Å². The van der Waals surface area contributed by atoms with E-state index in [1.54, 1.807) is 0 Å². The summed E-state index contributed by atoms with van der Waals surface area (Å²) < 4.78 is 5.66. The number of carbonyl (C=O) groups is 2. The van der Waals surface area contributed by atoms with Crippen LogP contribution in [0.15, 0.2) is 53.9 Å². The number of likely N-dealkylation sites (tertiary alicyclic amines) is 1. The van der Waals surface area contributed by atoms with Crippen molar-refractivity contribution >= 4 is 34.2 Å². The molecule has 2 aromatic heterocycles. The first-order valence-corrected chi connectivity index (χ1v) is 13.1. The van der Waals surface area contributed by atoms with Gasteiger partial charge in [-0.15, -0.1) is 11.3 Å². The predicted molar refractivity (Wildman–Crippen MR) is 139 cm³/mol. The van der Waals surface area contributed by atoms with E-state index in [-0.39, 0.29) is 23.8 Å². The molecule has 9 heteroatoms. The molecule has 3 heterocycles. The lowest BCUT2D eigenvalue weighted by molar-refractivity contribution is 0.0713. The van der Waals surface area contributed by atoms with Gasteiger partial charge < -0.3 is 19.9 Å². The van der Waals surface area contributed by atoms with Crippen molar-refractivity contribution < 1.29 is 14.3 Å². The first-order chi connectivity index (χ1) is 17.5. The lowest BCUT2D eigenvalue weighted by Gasteiger charge is -2.31. The van der Waals surface area contributed by atoms with Crippen molar-refractivity contribution in [1.29, 1.82) is 0 Å². The van der Waals surface area contributed by atoms with E-state index in [2.05, 4.69) is 20.3 Å². The zero-order valence-corrected chi connectivity index (χ0v) is 21.2. The quantitative estimate of drug-likeness (QED) is 0.379. The molecule has 1 fully saturated rings. The van der Waals surface area contributed by atoms with Gasteiger partial charge in [0.25, 0.3) is 11.8 Å². The number of imidazole rings is 1. The summed E-state index contributed by atoms with van der Waals surface area (Å²) in [5, 5.41) is 5.65. The van der Waals surface area contributed by atoms with Crippen molar-refractivity contribution in [3.63, 3.8) is 0 Å². The average Bonchev–Trinajstić information content (AvgIpc) is 3.55. The standard InChI is InChI=1S/C27H29N5O3S/c1-17(2)35-20-9-7-19(8-10-20)27(34)32-13-11-18(12-14-32)26-31-23(16-36-26)25(33)28-15-24-29-21-5-3-4-6-22(21)30-24/h3-10,16-18H,11-15H2,1-2H3,(H,28,33)(H,29,30). The van der Waals surface area contributed by atoms with Crippen molar-refractivity contribution in [3.8, 4) is 5.75 Å². The Morgan fingerprint density at radius 2 is 1.86 bits per heavy atom. The van der Waals surface area contributed by atoms with E-state index < -0.39 is 0 Å². The molecule has 2 aromatic carbocycles. The number of amides is 2. The van der Waals surface area contributed by atoms with Crippen LogP contribution in [0.5, 0.6) is 5.75 Å². The number of ether oxygens (including phenoxy) is 1. The summed E-state index contributed by atoms with van der Waals surface area (Å²) in [6.07, 6.45) is 1.75. The maximum atomic E-state index is 12.9. The van der Waals surface area contributed by atoms with Gasteiger partial charge in [-0.1, -0.05) is 12.1 Å². The molecule has 1 saturated heterocycles. The van der Waals surface area contributed by atoms with Crippen LogP contribution in [0.2, 0.25) is 0 Å². The molecule has 0 atom stereocenters. The highest BCUT2D eigenvalue weighted by molar-refractivity contribution is 7.09. The lowest BCUT2D eigenvalue weighted by atomic mass is 9.97. The van der Waals surface area contributed by atoms with Gasteiger partial charge in [0.15, 0.2) is 0 Å². The molecule has 0 spiro atoms. The number of piperidine rings is 1. The number of H-pyrrole nitrogens is 1. The second kappa shape index (κ2) is 10.5. The Kier molecular flexibility index (Phi) is 6.99. The molecule has 1 aliphatic rings. The summed E-state index contributed by atoms with van der Waals surface area (Å²) in [6, 6.07) is 15.1. The number of aromatic nitrogens is 3. The number of hydrogen-bond donors (Lipinski definition) is 2. The fourth-order valence-corrected chi connectivity index (χ4v) is 5.36. The number of benzene rings is 2. The van der Waals surface area contributed by atoms with Gasteiger partial charge in [0, 0.05) is 30.0 Å². The fourth-order valence-electron chi connectivity index (χ4n) is 4.38. The Morgan fingerprint density at radius 3 is 2.58 bits per heavy atom. The average molecular weight is 504 g/mol. The van der Waals surface area contributed by atoms with E-state index in [1.165, 1.54) is 11.3 Å². The molecule has 1 aliphatic heterocycles. The number of thiazole rings is 1. The second-order valence-corrected chi connectivity index (χ2v) is 10.1. The third-order valence-corrected chi connectivity index (χ3v) is 7.22. The molecule has 0 unspecified atom stereocenters. The van der Waals surface area contributed by atoms with E-state index in [4.69, 9.17) is 4.74 Å². The van der Waals surface area contributed by atoms with Crippen molar-refractivity contribution in [1.82, 2.24) is 25.2 Å². The molecular formula is C27H29N5O3S. The van der Waals surface area contributed by atoms with E-state index in [0.717, 1.165) is 34.6 Å². The highest BCUT2D eigenvalue weighted by Gasteiger charge is 2.27. The van der Waals surface area contributed by atoms with E-state index in [9.17, 15) is 9.59 Å². The summed E-state index contributed by atoms with van der Waals surface area (Å²) in [7, 11) is 0. The zero-order valence-electron chi connectivity index (χ0n) is 20.4.